The number of furan rings is 1. The molecule has 5 nitrogen and oxygen atoms in total. The van der Waals surface area contributed by atoms with Crippen LogP contribution in [0.15, 0.2) is 33.6 Å². The normalized spacial score (nSPS) is 10.3. The molecule has 0 fully saturated rings. The standard InChI is InChI=1S/C9H7NO4/c11-9(12)8-7(14-5-10-8)4-6-2-1-3-13-6/h1-3,5H,4H2,(H,11,12). The first-order valence-corrected chi connectivity index (χ1v) is 3.95. The van der Waals surface area contributed by atoms with Gasteiger partial charge in [-0.15, -0.1) is 0 Å². The first-order chi connectivity index (χ1) is 6.77. The number of hydrogen-bond acceptors (Lipinski definition) is 4. The second-order valence-electron chi connectivity index (χ2n) is 2.69. The van der Waals surface area contributed by atoms with Gasteiger partial charge < -0.3 is 13.9 Å². The zero-order chi connectivity index (χ0) is 9.97. The van der Waals surface area contributed by atoms with Crippen LogP contribution < -0.4 is 0 Å². The van der Waals surface area contributed by atoms with E-state index < -0.39 is 5.97 Å². The predicted octanol–water partition coefficient (Wildman–Crippen LogP) is 1.56. The molecule has 2 heterocycles. The number of aromatic nitrogens is 1. The SMILES string of the molecule is O=C(O)c1ncoc1Cc1ccco1. The van der Waals surface area contributed by atoms with E-state index in [4.69, 9.17) is 13.9 Å². The van der Waals surface area contributed by atoms with Crippen molar-refractivity contribution < 1.29 is 18.7 Å². The number of oxazole rings is 1. The largest absolute Gasteiger partial charge is 0.476 e. The Hall–Kier alpha value is -2.04. The molecule has 0 atom stereocenters. The van der Waals surface area contributed by atoms with E-state index in [-0.39, 0.29) is 5.69 Å². The summed E-state index contributed by atoms with van der Waals surface area (Å²) in [6.45, 7) is 0. The molecule has 0 aliphatic carbocycles. The van der Waals surface area contributed by atoms with Gasteiger partial charge in [-0.25, -0.2) is 9.78 Å². The molecule has 0 saturated carbocycles. The van der Waals surface area contributed by atoms with Crippen LogP contribution in [0.3, 0.4) is 0 Å². The van der Waals surface area contributed by atoms with Crippen LogP contribution in [0.4, 0.5) is 0 Å². The van der Waals surface area contributed by atoms with Crippen LogP contribution in [0.1, 0.15) is 22.0 Å². The Kier molecular flexibility index (Phi) is 2.06. The molecule has 5 heteroatoms. The van der Waals surface area contributed by atoms with Crippen molar-refractivity contribution in [2.24, 2.45) is 0 Å². The molecule has 0 unspecified atom stereocenters. The summed E-state index contributed by atoms with van der Waals surface area (Å²) in [5, 5.41) is 8.73. The van der Waals surface area contributed by atoms with Crippen LogP contribution in [-0.2, 0) is 6.42 Å². The van der Waals surface area contributed by atoms with Gasteiger partial charge in [0.05, 0.1) is 12.7 Å². The van der Waals surface area contributed by atoms with Gasteiger partial charge in [0.2, 0.25) is 0 Å². The highest BCUT2D eigenvalue weighted by Gasteiger charge is 2.16. The summed E-state index contributed by atoms with van der Waals surface area (Å²) in [5.41, 5.74) is -0.0681. The fraction of sp³-hybridized carbons (Fsp3) is 0.111. The fourth-order valence-corrected chi connectivity index (χ4v) is 1.14. The molecule has 1 N–H and O–H groups in total. The van der Waals surface area contributed by atoms with Gasteiger partial charge >= 0.3 is 5.97 Å². The Morgan fingerprint density at radius 2 is 2.36 bits per heavy atom. The molecule has 0 aliphatic heterocycles. The van der Waals surface area contributed by atoms with Crippen molar-refractivity contribution in [2.45, 2.75) is 6.42 Å². The zero-order valence-electron chi connectivity index (χ0n) is 7.14. The molecule has 0 radical (unpaired) electrons. The molecule has 2 rings (SSSR count). The first kappa shape index (κ1) is 8.55. The monoisotopic (exact) mass is 193 g/mol. The Morgan fingerprint density at radius 3 is 3.00 bits per heavy atom. The molecule has 0 bridgehead atoms. The van der Waals surface area contributed by atoms with E-state index in [0.717, 1.165) is 6.39 Å². The van der Waals surface area contributed by atoms with Crippen molar-refractivity contribution in [1.29, 1.82) is 0 Å². The molecule has 0 spiro atoms. The maximum absolute atomic E-state index is 10.7. The Bertz CT molecular complexity index is 429. The summed E-state index contributed by atoms with van der Waals surface area (Å²) < 4.78 is 10.0. The van der Waals surface area contributed by atoms with Crippen LogP contribution in [0.5, 0.6) is 0 Å². The van der Waals surface area contributed by atoms with Gasteiger partial charge in [0.25, 0.3) is 0 Å². The molecular formula is C9H7NO4. The lowest BCUT2D eigenvalue weighted by Crippen LogP contribution is -2.01. The van der Waals surface area contributed by atoms with Crippen LogP contribution in [0.25, 0.3) is 0 Å². The van der Waals surface area contributed by atoms with E-state index in [1.165, 1.54) is 6.26 Å². The number of nitrogens with zero attached hydrogens (tertiary/aromatic N) is 1. The minimum atomic E-state index is -1.10. The molecule has 2 aromatic heterocycles. The highest BCUT2D eigenvalue weighted by molar-refractivity contribution is 5.86. The maximum atomic E-state index is 10.7. The minimum absolute atomic E-state index is 0.0681. The summed E-state index contributed by atoms with van der Waals surface area (Å²) in [7, 11) is 0. The van der Waals surface area contributed by atoms with E-state index in [9.17, 15) is 4.79 Å². The van der Waals surface area contributed by atoms with Gasteiger partial charge in [-0.3, -0.25) is 0 Å². The summed E-state index contributed by atoms with van der Waals surface area (Å²) in [4.78, 5) is 14.2. The quantitative estimate of drug-likeness (QED) is 0.800. The molecule has 2 aromatic rings. The molecule has 72 valence electrons. The number of carbonyl (C=O) groups is 1. The van der Waals surface area contributed by atoms with Crippen molar-refractivity contribution >= 4 is 5.97 Å². The van der Waals surface area contributed by atoms with Gasteiger partial charge in [-0.2, -0.15) is 0 Å². The molecule has 0 aromatic carbocycles. The maximum Gasteiger partial charge on any atom is 0.358 e. The average Bonchev–Trinajstić information content (AvgIpc) is 2.75. The lowest BCUT2D eigenvalue weighted by atomic mass is 10.2. The Balaban J connectivity index is 2.25. The topological polar surface area (TPSA) is 76.5 Å². The highest BCUT2D eigenvalue weighted by Crippen LogP contribution is 2.13. The fourth-order valence-electron chi connectivity index (χ4n) is 1.14. The Morgan fingerprint density at radius 1 is 1.50 bits per heavy atom. The van der Waals surface area contributed by atoms with Gasteiger partial charge in [0, 0.05) is 0 Å². The second kappa shape index (κ2) is 3.37. The lowest BCUT2D eigenvalue weighted by Gasteiger charge is -1.93. The van der Waals surface area contributed by atoms with Gasteiger partial charge in [0.1, 0.15) is 11.5 Å². The van der Waals surface area contributed by atoms with E-state index >= 15 is 0 Å². The average molecular weight is 193 g/mol. The number of aromatic carboxylic acids is 1. The van der Waals surface area contributed by atoms with E-state index in [1.807, 2.05) is 0 Å². The van der Waals surface area contributed by atoms with E-state index in [1.54, 1.807) is 12.1 Å². The summed E-state index contributed by atoms with van der Waals surface area (Å²) in [6.07, 6.45) is 2.93. The predicted molar refractivity (Wildman–Crippen MR) is 45.0 cm³/mol. The third kappa shape index (κ3) is 1.52. The molecule has 0 saturated heterocycles. The smallest absolute Gasteiger partial charge is 0.358 e. The summed E-state index contributed by atoms with van der Waals surface area (Å²) >= 11 is 0. The van der Waals surface area contributed by atoms with Crippen molar-refractivity contribution in [3.8, 4) is 0 Å². The number of carboxylic acid groups (broad SMARTS) is 1. The Labute approximate surface area is 79.0 Å². The van der Waals surface area contributed by atoms with E-state index in [0.29, 0.717) is 17.9 Å². The van der Waals surface area contributed by atoms with Crippen molar-refractivity contribution in [3.05, 3.63) is 42.0 Å². The van der Waals surface area contributed by atoms with Crippen molar-refractivity contribution in [1.82, 2.24) is 4.98 Å². The van der Waals surface area contributed by atoms with Crippen LogP contribution in [-0.4, -0.2) is 16.1 Å². The third-order valence-corrected chi connectivity index (χ3v) is 1.76. The number of carboxylic acids is 1. The van der Waals surface area contributed by atoms with Crippen LogP contribution >= 0.6 is 0 Å². The molecule has 14 heavy (non-hydrogen) atoms. The molecular weight excluding hydrogens is 186 g/mol. The van der Waals surface area contributed by atoms with Crippen molar-refractivity contribution in [2.75, 3.05) is 0 Å². The molecule has 0 aliphatic rings. The van der Waals surface area contributed by atoms with E-state index in [2.05, 4.69) is 4.98 Å². The van der Waals surface area contributed by atoms with Crippen LogP contribution in [0.2, 0.25) is 0 Å². The third-order valence-electron chi connectivity index (χ3n) is 1.76. The molecule has 0 amide bonds. The summed E-state index contributed by atoms with van der Waals surface area (Å²) in [5.74, 6) is -0.156. The van der Waals surface area contributed by atoms with Crippen LogP contribution in [0, 0.1) is 0 Å². The minimum Gasteiger partial charge on any atom is -0.476 e. The van der Waals surface area contributed by atoms with Gasteiger partial charge in [-0.05, 0) is 12.1 Å². The first-order valence-electron chi connectivity index (χ1n) is 3.95. The number of hydrogen-bond donors (Lipinski definition) is 1. The zero-order valence-corrected chi connectivity index (χ0v) is 7.14. The van der Waals surface area contributed by atoms with Crippen molar-refractivity contribution in [3.63, 3.8) is 0 Å². The number of rotatable bonds is 3. The van der Waals surface area contributed by atoms with Gasteiger partial charge in [0.15, 0.2) is 12.1 Å². The second-order valence-corrected chi connectivity index (χ2v) is 2.69. The highest BCUT2D eigenvalue weighted by atomic mass is 16.4. The summed E-state index contributed by atoms with van der Waals surface area (Å²) in [6, 6.07) is 3.47. The van der Waals surface area contributed by atoms with Gasteiger partial charge in [-0.1, -0.05) is 0 Å². The lowest BCUT2D eigenvalue weighted by molar-refractivity contribution is 0.0689.